The Bertz CT molecular complexity index is 1730. The Balaban J connectivity index is 0.000000208. The van der Waals surface area contributed by atoms with E-state index < -0.39 is 0 Å². The second kappa shape index (κ2) is 14.8. The zero-order chi connectivity index (χ0) is 30.6. The van der Waals surface area contributed by atoms with Crippen molar-refractivity contribution in [3.05, 3.63) is 154 Å². The van der Waals surface area contributed by atoms with Crippen LogP contribution in [0.1, 0.15) is 33.4 Å². The smallest absolute Gasteiger partial charge is 0.187 e. The van der Waals surface area contributed by atoms with Gasteiger partial charge in [-0.05, 0) is 116 Å². The Morgan fingerprint density at radius 3 is 1.74 bits per heavy atom. The molecule has 0 heterocycles. The van der Waals surface area contributed by atoms with Crippen molar-refractivity contribution in [1.82, 2.24) is 0 Å². The first kappa shape index (κ1) is 30.2. The molecular formula is C37H32N2O4. The van der Waals surface area contributed by atoms with Gasteiger partial charge in [0.25, 0.3) is 0 Å². The molecule has 0 aliphatic rings. The fourth-order valence-electron chi connectivity index (χ4n) is 3.99. The Hall–Kier alpha value is -5.72. The molecule has 0 radical (unpaired) electrons. The lowest BCUT2D eigenvalue weighted by atomic mass is 10.1. The van der Waals surface area contributed by atoms with Crippen LogP contribution in [0.15, 0.2) is 109 Å². The van der Waals surface area contributed by atoms with Gasteiger partial charge in [-0.15, -0.1) is 0 Å². The molecule has 0 aromatic heterocycles. The highest BCUT2D eigenvalue weighted by molar-refractivity contribution is 5.48. The summed E-state index contributed by atoms with van der Waals surface area (Å²) in [6, 6.07) is 35.3. The van der Waals surface area contributed by atoms with Crippen molar-refractivity contribution in [1.29, 1.82) is 5.26 Å². The van der Waals surface area contributed by atoms with Gasteiger partial charge in [-0.3, -0.25) is 0 Å². The molecule has 0 unspecified atom stereocenters. The van der Waals surface area contributed by atoms with Gasteiger partial charge >= 0.3 is 0 Å². The number of rotatable bonds is 8. The van der Waals surface area contributed by atoms with Gasteiger partial charge in [0.15, 0.2) is 5.69 Å². The molecule has 1 N–H and O–H groups in total. The van der Waals surface area contributed by atoms with Crippen LogP contribution >= 0.6 is 0 Å². The zero-order valence-electron chi connectivity index (χ0n) is 24.4. The highest BCUT2D eigenvalue weighted by Crippen LogP contribution is 2.27. The Morgan fingerprint density at radius 2 is 1.16 bits per heavy atom. The van der Waals surface area contributed by atoms with Crippen LogP contribution in [0, 0.1) is 38.7 Å². The summed E-state index contributed by atoms with van der Waals surface area (Å²) in [7, 11) is 0. The summed E-state index contributed by atoms with van der Waals surface area (Å²) >= 11 is 0. The maximum absolute atomic E-state index is 9.41. The van der Waals surface area contributed by atoms with Crippen LogP contribution in [0.3, 0.4) is 0 Å². The average molecular weight is 569 g/mol. The monoisotopic (exact) mass is 568 g/mol. The second-order valence-corrected chi connectivity index (χ2v) is 9.93. The fourth-order valence-corrected chi connectivity index (χ4v) is 3.99. The van der Waals surface area contributed by atoms with Crippen LogP contribution in [0.2, 0.25) is 0 Å². The van der Waals surface area contributed by atoms with Gasteiger partial charge < -0.3 is 19.3 Å². The van der Waals surface area contributed by atoms with E-state index in [4.69, 9.17) is 26.0 Å². The van der Waals surface area contributed by atoms with Crippen molar-refractivity contribution in [2.45, 2.75) is 34.0 Å². The normalized spacial score (nSPS) is 9.98. The van der Waals surface area contributed by atoms with Crippen LogP contribution in [0.25, 0.3) is 4.85 Å². The van der Waals surface area contributed by atoms with Crippen molar-refractivity contribution in [3.8, 4) is 34.8 Å². The average Bonchev–Trinajstić information content (AvgIpc) is 3.03. The molecule has 5 aromatic rings. The number of benzene rings is 5. The third kappa shape index (κ3) is 9.14. The van der Waals surface area contributed by atoms with Crippen molar-refractivity contribution in [2.24, 2.45) is 0 Å². The SMILES string of the molecule is Cc1ccc(O)cc1COc1ccc(C#N)cc1.[C-]#[N+]c1ccc(Oc2ccc(C)c(COc3ccc(C)cc3)c2)cc1. The molecule has 5 aromatic carbocycles. The summed E-state index contributed by atoms with van der Waals surface area (Å²) in [5.74, 6) is 3.26. The zero-order valence-corrected chi connectivity index (χ0v) is 24.4. The summed E-state index contributed by atoms with van der Waals surface area (Å²) < 4.78 is 17.4. The Labute approximate surface area is 252 Å². The highest BCUT2D eigenvalue weighted by atomic mass is 16.5. The molecule has 0 aliphatic carbocycles. The minimum Gasteiger partial charge on any atom is -0.508 e. The minimum atomic E-state index is 0.235. The van der Waals surface area contributed by atoms with E-state index in [0.29, 0.717) is 36.0 Å². The molecule has 0 spiro atoms. The number of hydrogen-bond acceptors (Lipinski definition) is 5. The molecule has 43 heavy (non-hydrogen) atoms. The maximum atomic E-state index is 9.41. The van der Waals surface area contributed by atoms with Crippen LogP contribution in [0.5, 0.6) is 28.7 Å². The van der Waals surface area contributed by atoms with Crippen molar-refractivity contribution in [3.63, 3.8) is 0 Å². The predicted molar refractivity (Wildman–Crippen MR) is 168 cm³/mol. The molecule has 0 saturated heterocycles. The molecule has 6 heteroatoms. The molecular weight excluding hydrogens is 536 g/mol. The fraction of sp³-hybridized carbons (Fsp3) is 0.135. The van der Waals surface area contributed by atoms with Gasteiger partial charge in [-0.25, -0.2) is 4.85 Å². The van der Waals surface area contributed by atoms with Crippen LogP contribution < -0.4 is 14.2 Å². The molecule has 0 atom stereocenters. The molecule has 0 saturated carbocycles. The summed E-state index contributed by atoms with van der Waals surface area (Å²) in [6.45, 7) is 14.0. The second-order valence-electron chi connectivity index (χ2n) is 9.93. The summed E-state index contributed by atoms with van der Waals surface area (Å²) in [5.41, 5.74) is 6.67. The number of aryl methyl sites for hydroxylation is 3. The number of hydrogen-bond donors (Lipinski definition) is 1. The lowest BCUT2D eigenvalue weighted by Crippen LogP contribution is -1.98. The molecule has 0 aliphatic heterocycles. The van der Waals surface area contributed by atoms with Crippen LogP contribution in [-0.4, -0.2) is 5.11 Å². The summed E-state index contributed by atoms with van der Waals surface area (Å²) in [4.78, 5) is 3.38. The van der Waals surface area contributed by atoms with Crippen molar-refractivity contribution in [2.75, 3.05) is 0 Å². The number of phenolic OH excluding ortho intramolecular Hbond substituents is 1. The van der Waals surface area contributed by atoms with Gasteiger partial charge in [0, 0.05) is 0 Å². The molecule has 0 bridgehead atoms. The van der Waals surface area contributed by atoms with E-state index in [1.165, 1.54) is 5.56 Å². The van der Waals surface area contributed by atoms with Crippen LogP contribution in [-0.2, 0) is 13.2 Å². The van der Waals surface area contributed by atoms with E-state index in [-0.39, 0.29) is 5.75 Å². The molecule has 214 valence electrons. The van der Waals surface area contributed by atoms with Gasteiger partial charge in [-0.1, -0.05) is 42.0 Å². The van der Waals surface area contributed by atoms with Crippen molar-refractivity contribution < 1.29 is 19.3 Å². The van der Waals surface area contributed by atoms with E-state index in [1.807, 2.05) is 55.5 Å². The maximum Gasteiger partial charge on any atom is 0.187 e. The van der Waals surface area contributed by atoms with Gasteiger partial charge in [0.2, 0.25) is 0 Å². The van der Waals surface area contributed by atoms with E-state index >= 15 is 0 Å². The number of ether oxygens (including phenoxy) is 3. The van der Waals surface area contributed by atoms with Gasteiger partial charge in [0.05, 0.1) is 18.2 Å². The van der Waals surface area contributed by atoms with E-state index in [0.717, 1.165) is 33.8 Å². The topological polar surface area (TPSA) is 76.1 Å². The lowest BCUT2D eigenvalue weighted by molar-refractivity contribution is 0.304. The van der Waals surface area contributed by atoms with Crippen LogP contribution in [0.4, 0.5) is 5.69 Å². The number of aromatic hydroxyl groups is 1. The third-order valence-electron chi connectivity index (χ3n) is 6.65. The first-order valence-corrected chi connectivity index (χ1v) is 13.7. The highest BCUT2D eigenvalue weighted by Gasteiger charge is 2.05. The minimum absolute atomic E-state index is 0.235. The number of nitrogens with zero attached hydrogens (tertiary/aromatic N) is 2. The third-order valence-corrected chi connectivity index (χ3v) is 6.65. The first-order chi connectivity index (χ1) is 20.8. The van der Waals surface area contributed by atoms with E-state index in [1.54, 1.807) is 60.7 Å². The molecule has 0 fully saturated rings. The van der Waals surface area contributed by atoms with Gasteiger partial charge in [0.1, 0.15) is 42.0 Å². The quantitative estimate of drug-likeness (QED) is 0.189. The summed E-state index contributed by atoms with van der Waals surface area (Å²) in [5, 5.41) is 18.1. The molecule has 6 nitrogen and oxygen atoms in total. The van der Waals surface area contributed by atoms with Gasteiger partial charge in [-0.2, -0.15) is 5.26 Å². The molecule has 0 amide bonds. The predicted octanol–water partition coefficient (Wildman–Crippen LogP) is 9.38. The number of nitriles is 1. The van der Waals surface area contributed by atoms with Crippen molar-refractivity contribution >= 4 is 5.69 Å². The Kier molecular flexibility index (Phi) is 10.4. The standard InChI is InChI=1S/C22H19NO2.C15H13NO2/c1-16-4-9-20(10-5-16)24-15-18-14-22(11-6-17(18)2)25-21-12-7-19(23-3)8-13-21;1-11-2-5-14(17)8-13(11)10-18-15-6-3-12(9-16)4-7-15/h4-14H,15H2,1-2H3;2-8,17H,10H2,1H3. The Morgan fingerprint density at radius 1 is 0.651 bits per heavy atom. The number of phenols is 1. The van der Waals surface area contributed by atoms with E-state index in [2.05, 4.69) is 24.8 Å². The lowest BCUT2D eigenvalue weighted by Gasteiger charge is -2.12. The first-order valence-electron chi connectivity index (χ1n) is 13.7. The molecule has 5 rings (SSSR count). The summed E-state index contributed by atoms with van der Waals surface area (Å²) in [6.07, 6.45) is 0. The largest absolute Gasteiger partial charge is 0.508 e. The van der Waals surface area contributed by atoms with E-state index in [9.17, 15) is 5.11 Å².